The fourth-order valence-corrected chi connectivity index (χ4v) is 5.28. The second-order valence-corrected chi connectivity index (χ2v) is 11.2. The molecule has 0 heterocycles. The van der Waals surface area contributed by atoms with Crippen molar-refractivity contribution < 1.29 is 9.84 Å². The zero-order valence-electron chi connectivity index (χ0n) is 12.1. The first-order chi connectivity index (χ1) is 8.19. The Bertz CT molecular complexity index is 522. The first-order valence-electron chi connectivity index (χ1n) is 6.32. The molecule has 2 nitrogen and oxygen atoms in total. The maximum absolute atomic E-state index is 10.7. The first kappa shape index (κ1) is 13.4. The molecule has 0 radical (unpaired) electrons. The van der Waals surface area contributed by atoms with Gasteiger partial charge in [-0.3, -0.25) is 0 Å². The summed E-state index contributed by atoms with van der Waals surface area (Å²) >= 11 is 0. The number of rotatable bonds is 2. The highest BCUT2D eigenvalue weighted by atomic mass is 28.3. The van der Waals surface area contributed by atoms with E-state index in [0.29, 0.717) is 0 Å². The van der Waals surface area contributed by atoms with Crippen molar-refractivity contribution in [2.75, 3.05) is 7.11 Å². The molecule has 0 saturated heterocycles. The molecule has 1 aliphatic carbocycles. The molecule has 0 saturated carbocycles. The molecule has 0 amide bonds. The van der Waals surface area contributed by atoms with Gasteiger partial charge in [0.2, 0.25) is 0 Å². The minimum Gasteiger partial charge on any atom is -0.497 e. The van der Waals surface area contributed by atoms with Gasteiger partial charge in [-0.15, -0.1) is 0 Å². The normalized spacial score (nSPS) is 23.3. The van der Waals surface area contributed by atoms with Gasteiger partial charge in [-0.1, -0.05) is 30.9 Å². The molecule has 2 rings (SSSR count). The Morgan fingerprint density at radius 1 is 1.22 bits per heavy atom. The molecule has 1 aromatic carbocycles. The Hall–Kier alpha value is -1.06. The standard InChI is InChI=1S/C15H22O2Si/c1-10-14(18(4,5)6)12-9-11(17-3)7-8-13(12)15(10,2)16/h7-9,16H,1-6H3. The molecule has 1 atom stereocenters. The second kappa shape index (κ2) is 3.97. The van der Waals surface area contributed by atoms with Gasteiger partial charge in [-0.05, 0) is 42.7 Å². The van der Waals surface area contributed by atoms with Crippen molar-refractivity contribution in [3.8, 4) is 5.75 Å². The van der Waals surface area contributed by atoms with Crippen LogP contribution < -0.4 is 4.74 Å². The molecule has 0 bridgehead atoms. The van der Waals surface area contributed by atoms with Gasteiger partial charge in [0.25, 0.3) is 0 Å². The topological polar surface area (TPSA) is 29.5 Å². The maximum Gasteiger partial charge on any atom is 0.119 e. The predicted octanol–water partition coefficient (Wildman–Crippen LogP) is 3.57. The lowest BCUT2D eigenvalue weighted by Crippen LogP contribution is -2.24. The molecule has 18 heavy (non-hydrogen) atoms. The third kappa shape index (κ3) is 1.82. The van der Waals surface area contributed by atoms with Crippen LogP contribution in [-0.4, -0.2) is 20.3 Å². The zero-order valence-corrected chi connectivity index (χ0v) is 13.1. The third-order valence-electron chi connectivity index (χ3n) is 3.88. The van der Waals surface area contributed by atoms with Crippen LogP contribution in [0.2, 0.25) is 19.6 Å². The van der Waals surface area contributed by atoms with Crippen molar-refractivity contribution in [2.45, 2.75) is 39.1 Å². The van der Waals surface area contributed by atoms with Crippen LogP contribution in [-0.2, 0) is 5.60 Å². The Kier molecular flexibility index (Phi) is 2.95. The second-order valence-electron chi connectivity index (χ2n) is 6.23. The van der Waals surface area contributed by atoms with Crippen molar-refractivity contribution in [1.82, 2.24) is 0 Å². The lowest BCUT2D eigenvalue weighted by Gasteiger charge is -2.23. The van der Waals surface area contributed by atoms with Crippen molar-refractivity contribution in [1.29, 1.82) is 0 Å². The highest BCUT2D eigenvalue weighted by Gasteiger charge is 2.41. The third-order valence-corrected chi connectivity index (χ3v) is 6.02. The van der Waals surface area contributed by atoms with E-state index in [1.54, 1.807) is 7.11 Å². The molecule has 0 spiro atoms. The van der Waals surface area contributed by atoms with Crippen molar-refractivity contribution in [3.05, 3.63) is 34.9 Å². The molecule has 98 valence electrons. The van der Waals surface area contributed by atoms with Crippen LogP contribution in [0.25, 0.3) is 5.20 Å². The van der Waals surface area contributed by atoms with Crippen LogP contribution in [0.4, 0.5) is 0 Å². The first-order valence-corrected chi connectivity index (χ1v) is 9.82. The fraction of sp³-hybridized carbons (Fsp3) is 0.467. The smallest absolute Gasteiger partial charge is 0.119 e. The summed E-state index contributed by atoms with van der Waals surface area (Å²) in [6, 6.07) is 5.98. The monoisotopic (exact) mass is 262 g/mol. The van der Waals surface area contributed by atoms with E-state index in [-0.39, 0.29) is 0 Å². The van der Waals surface area contributed by atoms with Crippen LogP contribution in [0.5, 0.6) is 5.75 Å². The van der Waals surface area contributed by atoms with E-state index in [1.165, 1.54) is 10.8 Å². The van der Waals surface area contributed by atoms with Crippen molar-refractivity contribution in [2.24, 2.45) is 0 Å². The number of hydrogen-bond donors (Lipinski definition) is 1. The highest BCUT2D eigenvalue weighted by Crippen LogP contribution is 2.48. The van der Waals surface area contributed by atoms with Crippen LogP contribution in [0.3, 0.4) is 0 Å². The predicted molar refractivity (Wildman–Crippen MR) is 78.5 cm³/mol. The van der Waals surface area contributed by atoms with Gasteiger partial charge in [-0.25, -0.2) is 0 Å². The quantitative estimate of drug-likeness (QED) is 0.826. The van der Waals surface area contributed by atoms with Gasteiger partial charge in [0.05, 0.1) is 15.2 Å². The summed E-state index contributed by atoms with van der Waals surface area (Å²) in [6.45, 7) is 10.9. The van der Waals surface area contributed by atoms with Crippen LogP contribution in [0.15, 0.2) is 23.8 Å². The van der Waals surface area contributed by atoms with E-state index < -0.39 is 13.7 Å². The minimum absolute atomic E-state index is 0.836. The number of ether oxygens (including phenoxy) is 1. The molecule has 1 aromatic rings. The van der Waals surface area contributed by atoms with E-state index in [2.05, 4.69) is 32.6 Å². The minimum atomic E-state index is -1.50. The van der Waals surface area contributed by atoms with Crippen molar-refractivity contribution >= 4 is 13.3 Å². The Labute approximate surface area is 110 Å². The molecule has 0 aromatic heterocycles. The number of aliphatic hydroxyl groups is 1. The van der Waals surface area contributed by atoms with Gasteiger partial charge in [0, 0.05) is 0 Å². The number of fused-ring (bicyclic) bond motifs is 1. The molecule has 0 aliphatic heterocycles. The number of benzene rings is 1. The van der Waals surface area contributed by atoms with E-state index in [0.717, 1.165) is 16.9 Å². The summed E-state index contributed by atoms with van der Waals surface area (Å²) in [6.07, 6.45) is 0. The van der Waals surface area contributed by atoms with E-state index in [9.17, 15) is 5.11 Å². The summed E-state index contributed by atoms with van der Waals surface area (Å²) < 4.78 is 5.32. The van der Waals surface area contributed by atoms with Gasteiger partial charge >= 0.3 is 0 Å². The SMILES string of the molecule is COc1ccc2c(c1)C([Si](C)(C)C)=C(C)C2(C)O. The maximum atomic E-state index is 10.7. The van der Waals surface area contributed by atoms with Crippen molar-refractivity contribution in [3.63, 3.8) is 0 Å². The van der Waals surface area contributed by atoms with Gasteiger partial charge in [0.1, 0.15) is 11.4 Å². The summed E-state index contributed by atoms with van der Waals surface area (Å²) in [5.41, 5.74) is 2.45. The average molecular weight is 262 g/mol. The van der Waals surface area contributed by atoms with Gasteiger partial charge < -0.3 is 9.84 Å². The van der Waals surface area contributed by atoms with Crippen LogP contribution in [0.1, 0.15) is 25.0 Å². The van der Waals surface area contributed by atoms with Gasteiger partial charge in [0.15, 0.2) is 0 Å². The van der Waals surface area contributed by atoms with E-state index >= 15 is 0 Å². The summed E-state index contributed by atoms with van der Waals surface area (Å²) in [5, 5.41) is 12.1. The molecule has 1 aliphatic rings. The molecular weight excluding hydrogens is 240 g/mol. The Balaban J connectivity index is 2.73. The summed E-state index contributed by atoms with van der Waals surface area (Å²) in [4.78, 5) is 0. The highest BCUT2D eigenvalue weighted by molar-refractivity contribution is 6.94. The van der Waals surface area contributed by atoms with E-state index in [4.69, 9.17) is 4.74 Å². The van der Waals surface area contributed by atoms with Crippen LogP contribution in [0, 0.1) is 0 Å². The summed E-state index contributed by atoms with van der Waals surface area (Å²) in [7, 11) is 0.181. The van der Waals surface area contributed by atoms with Crippen LogP contribution >= 0.6 is 0 Å². The Morgan fingerprint density at radius 3 is 2.33 bits per heavy atom. The van der Waals surface area contributed by atoms with Gasteiger partial charge in [-0.2, -0.15) is 0 Å². The molecule has 1 N–H and O–H groups in total. The zero-order chi connectivity index (χ0) is 13.7. The molecule has 3 heteroatoms. The molecule has 0 fully saturated rings. The number of methoxy groups -OCH3 is 1. The fourth-order valence-electron chi connectivity index (χ4n) is 2.90. The Morgan fingerprint density at radius 2 is 1.83 bits per heavy atom. The summed E-state index contributed by atoms with van der Waals surface area (Å²) in [5.74, 6) is 0.856. The lowest BCUT2D eigenvalue weighted by atomic mass is 9.93. The lowest BCUT2D eigenvalue weighted by molar-refractivity contribution is 0.102. The van der Waals surface area contributed by atoms with E-state index in [1.807, 2.05) is 19.1 Å². The largest absolute Gasteiger partial charge is 0.497 e. The number of hydrogen-bond acceptors (Lipinski definition) is 2. The molecule has 1 unspecified atom stereocenters. The molecular formula is C15H22O2Si. The average Bonchev–Trinajstić information content (AvgIpc) is 2.46.